The Labute approximate surface area is 129 Å². The van der Waals surface area contributed by atoms with Gasteiger partial charge in [0.15, 0.2) is 0 Å². The molecular weight excluding hydrogens is 377 g/mol. The molecule has 1 fully saturated rings. The lowest BCUT2D eigenvalue weighted by molar-refractivity contribution is -0.145. The predicted molar refractivity (Wildman–Crippen MR) is 78.3 cm³/mol. The normalized spacial score (nSPS) is 21.9. The van der Waals surface area contributed by atoms with Crippen LogP contribution in [0, 0.1) is 3.57 Å². The van der Waals surface area contributed by atoms with Gasteiger partial charge in [-0.1, -0.05) is 0 Å². The molecule has 0 spiro atoms. The first-order valence-corrected chi connectivity index (χ1v) is 7.07. The Balaban J connectivity index is 2.26. The zero-order chi connectivity index (χ0) is 14.9. The number of benzene rings is 1. The highest BCUT2D eigenvalue weighted by Gasteiger charge is 2.39. The number of amides is 1. The number of carbonyl (C=O) groups excluding carboxylic acids is 2. The van der Waals surface area contributed by atoms with Crippen molar-refractivity contribution < 1.29 is 24.5 Å². The molecule has 2 N–H and O–H groups in total. The molecular formula is C13H14INO5. The standard InChI is InChI=1S/C13H14INO5/c1-20-13(19)10-5-8(16)6-15(10)12(18)7-2-3-9(14)11(17)4-7/h2-4,8,10,16-17H,5-6H2,1H3. The summed E-state index contributed by atoms with van der Waals surface area (Å²) >= 11 is 1.95. The van der Waals surface area contributed by atoms with E-state index in [1.165, 1.54) is 18.1 Å². The van der Waals surface area contributed by atoms with Crippen molar-refractivity contribution in [3.05, 3.63) is 27.3 Å². The van der Waals surface area contributed by atoms with Crippen LogP contribution in [0.1, 0.15) is 16.8 Å². The lowest BCUT2D eigenvalue weighted by Crippen LogP contribution is -2.41. The van der Waals surface area contributed by atoms with Gasteiger partial charge in [0.2, 0.25) is 0 Å². The third-order valence-corrected chi connectivity index (χ3v) is 4.12. The molecule has 1 aliphatic rings. The molecule has 1 amide bonds. The van der Waals surface area contributed by atoms with Gasteiger partial charge in [0.1, 0.15) is 11.8 Å². The fourth-order valence-electron chi connectivity index (χ4n) is 2.21. The SMILES string of the molecule is COC(=O)C1CC(O)CN1C(=O)c1ccc(I)c(O)c1. The number of hydrogen-bond donors (Lipinski definition) is 2. The molecule has 20 heavy (non-hydrogen) atoms. The molecule has 1 aliphatic heterocycles. The molecule has 1 aromatic rings. The Kier molecular flexibility index (Phi) is 4.48. The third kappa shape index (κ3) is 2.88. The van der Waals surface area contributed by atoms with Gasteiger partial charge in [0.25, 0.3) is 5.91 Å². The molecule has 0 saturated carbocycles. The second-order valence-corrected chi connectivity index (χ2v) is 5.71. The maximum Gasteiger partial charge on any atom is 0.328 e. The Bertz CT molecular complexity index is 548. The van der Waals surface area contributed by atoms with Crippen LogP contribution in [0.2, 0.25) is 0 Å². The number of aliphatic hydroxyl groups is 1. The van der Waals surface area contributed by atoms with Gasteiger partial charge in [-0.25, -0.2) is 4.79 Å². The lowest BCUT2D eigenvalue weighted by atomic mass is 10.1. The molecule has 1 heterocycles. The molecule has 2 rings (SSSR count). The molecule has 6 nitrogen and oxygen atoms in total. The largest absolute Gasteiger partial charge is 0.507 e. The minimum atomic E-state index is -0.788. The maximum atomic E-state index is 12.4. The molecule has 108 valence electrons. The van der Waals surface area contributed by atoms with Crippen LogP contribution < -0.4 is 0 Å². The van der Waals surface area contributed by atoms with Crippen LogP contribution in [0.15, 0.2) is 18.2 Å². The van der Waals surface area contributed by atoms with E-state index in [1.54, 1.807) is 12.1 Å². The van der Waals surface area contributed by atoms with Gasteiger partial charge >= 0.3 is 5.97 Å². The van der Waals surface area contributed by atoms with Crippen molar-refractivity contribution in [2.45, 2.75) is 18.6 Å². The summed E-state index contributed by atoms with van der Waals surface area (Å²) in [5.41, 5.74) is 0.269. The second-order valence-electron chi connectivity index (χ2n) is 4.55. The summed E-state index contributed by atoms with van der Waals surface area (Å²) in [5, 5.41) is 19.3. The van der Waals surface area contributed by atoms with Crippen molar-refractivity contribution in [2.24, 2.45) is 0 Å². The third-order valence-electron chi connectivity index (χ3n) is 3.21. The van der Waals surface area contributed by atoms with Crippen LogP contribution >= 0.6 is 22.6 Å². The first kappa shape index (κ1) is 15.0. The minimum absolute atomic E-state index is 0.00538. The van der Waals surface area contributed by atoms with E-state index in [-0.39, 0.29) is 24.3 Å². The summed E-state index contributed by atoms with van der Waals surface area (Å²) in [7, 11) is 1.24. The van der Waals surface area contributed by atoms with Gasteiger partial charge in [-0.3, -0.25) is 4.79 Å². The fraction of sp³-hybridized carbons (Fsp3) is 0.385. The molecule has 0 bridgehead atoms. The zero-order valence-electron chi connectivity index (χ0n) is 10.7. The number of ether oxygens (including phenoxy) is 1. The van der Waals surface area contributed by atoms with Crippen LogP contribution in [-0.4, -0.2) is 52.8 Å². The number of methoxy groups -OCH3 is 1. The number of hydrogen-bond acceptors (Lipinski definition) is 5. The van der Waals surface area contributed by atoms with Crippen molar-refractivity contribution in [3.8, 4) is 5.75 Å². The van der Waals surface area contributed by atoms with Gasteiger partial charge in [0.05, 0.1) is 16.8 Å². The second kappa shape index (κ2) is 5.96. The van der Waals surface area contributed by atoms with E-state index in [0.717, 1.165) is 0 Å². The maximum absolute atomic E-state index is 12.4. The molecule has 2 unspecified atom stereocenters. The van der Waals surface area contributed by atoms with Gasteiger partial charge in [-0.2, -0.15) is 0 Å². The average Bonchev–Trinajstić information content (AvgIpc) is 2.82. The number of aliphatic hydroxyl groups excluding tert-OH is 1. The highest BCUT2D eigenvalue weighted by Crippen LogP contribution is 2.25. The number of halogens is 1. The van der Waals surface area contributed by atoms with Gasteiger partial charge in [0, 0.05) is 18.5 Å². The van der Waals surface area contributed by atoms with Gasteiger partial charge < -0.3 is 19.8 Å². The summed E-state index contributed by atoms with van der Waals surface area (Å²) in [5.74, 6) is -0.959. The van der Waals surface area contributed by atoms with E-state index < -0.39 is 24.0 Å². The fourth-order valence-corrected chi connectivity index (χ4v) is 2.54. The highest BCUT2D eigenvalue weighted by molar-refractivity contribution is 14.1. The molecule has 0 aliphatic carbocycles. The summed E-state index contributed by atoms with van der Waals surface area (Å²) < 4.78 is 5.28. The number of carbonyl (C=O) groups is 2. The van der Waals surface area contributed by atoms with Crippen LogP contribution in [0.25, 0.3) is 0 Å². The van der Waals surface area contributed by atoms with Crippen LogP contribution in [-0.2, 0) is 9.53 Å². The van der Waals surface area contributed by atoms with Crippen molar-refractivity contribution >= 4 is 34.5 Å². The zero-order valence-corrected chi connectivity index (χ0v) is 12.9. The number of rotatable bonds is 2. The summed E-state index contributed by atoms with van der Waals surface area (Å²) in [4.78, 5) is 25.3. The van der Waals surface area contributed by atoms with Gasteiger partial charge in [-0.05, 0) is 40.8 Å². The number of phenols is 1. The number of aromatic hydroxyl groups is 1. The van der Waals surface area contributed by atoms with Crippen molar-refractivity contribution in [1.82, 2.24) is 4.90 Å². The van der Waals surface area contributed by atoms with E-state index in [9.17, 15) is 19.8 Å². The van der Waals surface area contributed by atoms with Crippen LogP contribution in [0.3, 0.4) is 0 Å². The molecule has 0 aromatic heterocycles. The van der Waals surface area contributed by atoms with E-state index in [1.807, 2.05) is 22.6 Å². The Morgan fingerprint density at radius 2 is 2.15 bits per heavy atom. The molecule has 1 saturated heterocycles. The first-order chi connectivity index (χ1) is 9.43. The lowest BCUT2D eigenvalue weighted by Gasteiger charge is -2.22. The smallest absolute Gasteiger partial charge is 0.328 e. The monoisotopic (exact) mass is 391 g/mol. The highest BCUT2D eigenvalue weighted by atomic mass is 127. The number of β-amino-alcohol motifs (C(OH)–C–C–N with tert-alkyl or cyclic N) is 1. The Morgan fingerprint density at radius 3 is 2.75 bits per heavy atom. The number of likely N-dealkylation sites (tertiary alicyclic amines) is 1. The molecule has 2 atom stereocenters. The van der Waals surface area contributed by atoms with E-state index in [2.05, 4.69) is 4.74 Å². The molecule has 7 heteroatoms. The van der Waals surface area contributed by atoms with Crippen LogP contribution in [0.4, 0.5) is 0 Å². The number of esters is 1. The average molecular weight is 391 g/mol. The summed E-state index contributed by atoms with van der Waals surface area (Å²) in [6.07, 6.45) is -0.588. The minimum Gasteiger partial charge on any atom is -0.507 e. The summed E-state index contributed by atoms with van der Waals surface area (Å²) in [6.45, 7) is 0.0748. The topological polar surface area (TPSA) is 87.1 Å². The quantitative estimate of drug-likeness (QED) is 0.574. The predicted octanol–water partition coefficient (Wildman–Crippen LogP) is 0.745. The van der Waals surface area contributed by atoms with E-state index >= 15 is 0 Å². The van der Waals surface area contributed by atoms with Crippen molar-refractivity contribution in [2.75, 3.05) is 13.7 Å². The number of phenolic OH excluding ortho intramolecular Hbond substituents is 1. The van der Waals surface area contributed by atoms with Crippen LogP contribution in [0.5, 0.6) is 5.75 Å². The van der Waals surface area contributed by atoms with Gasteiger partial charge in [-0.15, -0.1) is 0 Å². The Hall–Kier alpha value is -1.35. The van der Waals surface area contributed by atoms with Crippen molar-refractivity contribution in [1.29, 1.82) is 0 Å². The number of nitrogens with zero attached hydrogens (tertiary/aromatic N) is 1. The van der Waals surface area contributed by atoms with E-state index in [4.69, 9.17) is 0 Å². The summed E-state index contributed by atoms with van der Waals surface area (Å²) in [6, 6.07) is 3.75. The van der Waals surface area contributed by atoms with Crippen molar-refractivity contribution in [3.63, 3.8) is 0 Å². The molecule has 1 aromatic carbocycles. The first-order valence-electron chi connectivity index (χ1n) is 5.99. The van der Waals surface area contributed by atoms with E-state index in [0.29, 0.717) is 3.57 Å². The molecule has 0 radical (unpaired) electrons. The Morgan fingerprint density at radius 1 is 1.45 bits per heavy atom.